The molecule has 0 bridgehead atoms. The van der Waals surface area contributed by atoms with Gasteiger partial charge in [0, 0.05) is 0 Å². The van der Waals surface area contributed by atoms with Crippen LogP contribution in [0.5, 0.6) is 0 Å². The highest BCUT2D eigenvalue weighted by Crippen LogP contribution is 2.16. The number of rotatable bonds is 7. The van der Waals surface area contributed by atoms with Crippen LogP contribution < -0.4 is 0 Å². The highest BCUT2D eigenvalue weighted by atomic mass is 16.1. The maximum atomic E-state index is 10.4. The number of hydrogen-bond acceptors (Lipinski definition) is 1. The fourth-order valence-electron chi connectivity index (χ4n) is 1.53. The third kappa shape index (κ3) is 8.67. The molecule has 1 nitrogen and oxygen atoms in total. The van der Waals surface area contributed by atoms with Gasteiger partial charge in [-0.05, 0) is 59.0 Å². The van der Waals surface area contributed by atoms with Crippen LogP contribution in [0, 0.1) is 5.92 Å². The second-order valence-electron chi connectivity index (χ2n) is 5.05. The van der Waals surface area contributed by atoms with Crippen molar-refractivity contribution in [3.05, 3.63) is 34.9 Å². The van der Waals surface area contributed by atoms with Crippen molar-refractivity contribution in [1.82, 2.24) is 0 Å². The first kappa shape index (κ1) is 15.9. The molecule has 0 saturated carbocycles. The lowest BCUT2D eigenvalue weighted by molar-refractivity contribution is -0.104. The Kier molecular flexibility index (Phi) is 8.39. The Hall–Kier alpha value is -1.11. The first-order chi connectivity index (χ1) is 7.97. The van der Waals surface area contributed by atoms with Gasteiger partial charge in [0.15, 0.2) is 0 Å². The summed E-state index contributed by atoms with van der Waals surface area (Å²) in [6.07, 6.45) is 10.4. The molecule has 0 aromatic rings. The molecular weight excluding hydrogens is 208 g/mol. The van der Waals surface area contributed by atoms with E-state index in [1.54, 1.807) is 6.08 Å². The molecule has 0 aliphatic heterocycles. The zero-order valence-corrected chi connectivity index (χ0v) is 11.9. The monoisotopic (exact) mass is 234 g/mol. The first-order valence-corrected chi connectivity index (χ1v) is 6.38. The summed E-state index contributed by atoms with van der Waals surface area (Å²) in [6.45, 7) is 10.6. The van der Waals surface area contributed by atoms with Crippen LogP contribution in [0.3, 0.4) is 0 Å². The Morgan fingerprint density at radius 3 is 2.29 bits per heavy atom. The van der Waals surface area contributed by atoms with Crippen molar-refractivity contribution in [2.45, 2.75) is 53.9 Å². The molecule has 0 rings (SSSR count). The van der Waals surface area contributed by atoms with Crippen LogP contribution in [0.25, 0.3) is 0 Å². The third-order valence-electron chi connectivity index (χ3n) is 3.02. The van der Waals surface area contributed by atoms with Gasteiger partial charge in [0.2, 0.25) is 0 Å². The van der Waals surface area contributed by atoms with Gasteiger partial charge >= 0.3 is 0 Å². The quantitative estimate of drug-likeness (QED) is 0.349. The minimum Gasteiger partial charge on any atom is -0.299 e. The van der Waals surface area contributed by atoms with E-state index in [1.807, 2.05) is 6.92 Å². The minimum atomic E-state index is 0.457. The Morgan fingerprint density at radius 2 is 1.76 bits per heavy atom. The van der Waals surface area contributed by atoms with Crippen LogP contribution in [-0.4, -0.2) is 6.29 Å². The number of carbonyl (C=O) groups is 1. The van der Waals surface area contributed by atoms with Crippen LogP contribution in [0.1, 0.15) is 53.9 Å². The van der Waals surface area contributed by atoms with Crippen LogP contribution in [-0.2, 0) is 4.79 Å². The molecule has 1 atom stereocenters. The molecule has 0 N–H and O–H groups in total. The summed E-state index contributed by atoms with van der Waals surface area (Å²) in [7, 11) is 0. The van der Waals surface area contributed by atoms with Crippen molar-refractivity contribution >= 4 is 6.29 Å². The topological polar surface area (TPSA) is 17.1 Å². The van der Waals surface area contributed by atoms with Gasteiger partial charge in [-0.1, -0.05) is 35.8 Å². The van der Waals surface area contributed by atoms with Gasteiger partial charge < -0.3 is 0 Å². The Labute approximate surface area is 106 Å². The molecule has 0 aromatic heterocycles. The fraction of sp³-hybridized carbons (Fsp3) is 0.562. The van der Waals surface area contributed by atoms with Crippen molar-refractivity contribution in [3.8, 4) is 0 Å². The summed E-state index contributed by atoms with van der Waals surface area (Å²) in [5, 5.41) is 0. The third-order valence-corrected chi connectivity index (χ3v) is 3.02. The van der Waals surface area contributed by atoms with Gasteiger partial charge in [-0.3, -0.25) is 4.79 Å². The zero-order valence-electron chi connectivity index (χ0n) is 11.9. The van der Waals surface area contributed by atoms with E-state index in [4.69, 9.17) is 0 Å². The predicted molar refractivity (Wildman–Crippen MR) is 76.0 cm³/mol. The molecule has 0 amide bonds. The maximum Gasteiger partial charge on any atom is 0.142 e. The van der Waals surface area contributed by atoms with E-state index in [0.29, 0.717) is 5.92 Å². The lowest BCUT2D eigenvalue weighted by Crippen LogP contribution is -1.95. The molecule has 1 unspecified atom stereocenters. The number of carbonyl (C=O) groups excluding carboxylic acids is 1. The molecule has 96 valence electrons. The van der Waals surface area contributed by atoms with E-state index in [0.717, 1.165) is 31.1 Å². The van der Waals surface area contributed by atoms with Crippen LogP contribution >= 0.6 is 0 Å². The fourth-order valence-corrected chi connectivity index (χ4v) is 1.53. The summed E-state index contributed by atoms with van der Waals surface area (Å²) in [6, 6.07) is 0. The predicted octanol–water partition coefficient (Wildman–Crippen LogP) is 4.85. The first-order valence-electron chi connectivity index (χ1n) is 6.38. The summed E-state index contributed by atoms with van der Waals surface area (Å²) >= 11 is 0. The minimum absolute atomic E-state index is 0.457. The molecule has 0 aliphatic rings. The van der Waals surface area contributed by atoms with Gasteiger partial charge in [-0.15, -0.1) is 0 Å². The SMILES string of the molecule is CC(C)=CCC/C(C)=C/CC(C)/C(C)=C/C=O. The molecule has 0 radical (unpaired) electrons. The second kappa shape index (κ2) is 8.98. The summed E-state index contributed by atoms with van der Waals surface area (Å²) in [4.78, 5) is 10.4. The second-order valence-corrected chi connectivity index (χ2v) is 5.05. The molecule has 17 heavy (non-hydrogen) atoms. The summed E-state index contributed by atoms with van der Waals surface area (Å²) < 4.78 is 0. The normalized spacial score (nSPS) is 14.4. The van der Waals surface area contributed by atoms with Crippen LogP contribution in [0.4, 0.5) is 0 Å². The van der Waals surface area contributed by atoms with E-state index in [1.165, 1.54) is 11.1 Å². The molecule has 1 heteroatoms. The van der Waals surface area contributed by atoms with E-state index >= 15 is 0 Å². The average Bonchev–Trinajstić information content (AvgIpc) is 2.25. The van der Waals surface area contributed by atoms with Gasteiger partial charge in [0.25, 0.3) is 0 Å². The highest BCUT2D eigenvalue weighted by molar-refractivity contribution is 5.66. The van der Waals surface area contributed by atoms with E-state index in [-0.39, 0.29) is 0 Å². The van der Waals surface area contributed by atoms with E-state index < -0.39 is 0 Å². The van der Waals surface area contributed by atoms with Gasteiger partial charge in [0.1, 0.15) is 6.29 Å². The van der Waals surface area contributed by atoms with E-state index in [9.17, 15) is 4.79 Å². The van der Waals surface area contributed by atoms with Crippen molar-refractivity contribution < 1.29 is 4.79 Å². The van der Waals surface area contributed by atoms with Crippen LogP contribution in [0.15, 0.2) is 34.9 Å². The van der Waals surface area contributed by atoms with E-state index in [2.05, 4.69) is 39.8 Å². The van der Waals surface area contributed by atoms with Crippen molar-refractivity contribution in [2.75, 3.05) is 0 Å². The average molecular weight is 234 g/mol. The zero-order chi connectivity index (χ0) is 13.3. The number of aldehydes is 1. The lowest BCUT2D eigenvalue weighted by atomic mass is 9.97. The van der Waals surface area contributed by atoms with Crippen molar-refractivity contribution in [2.24, 2.45) is 5.92 Å². The molecule has 0 saturated heterocycles. The summed E-state index contributed by atoms with van der Waals surface area (Å²) in [5.74, 6) is 0.457. The standard InChI is InChI=1S/C16H26O/c1-13(2)7-6-8-14(3)9-10-15(4)16(5)11-12-17/h7,9,11-12,15H,6,8,10H2,1-5H3/b14-9+,16-11+. The number of hydrogen-bond donors (Lipinski definition) is 0. The van der Waals surface area contributed by atoms with Gasteiger partial charge in [-0.2, -0.15) is 0 Å². The van der Waals surface area contributed by atoms with Crippen molar-refractivity contribution in [3.63, 3.8) is 0 Å². The molecule has 0 aliphatic carbocycles. The Bertz CT molecular complexity index is 314. The lowest BCUT2D eigenvalue weighted by Gasteiger charge is -2.09. The maximum absolute atomic E-state index is 10.4. The molecule has 0 aromatic carbocycles. The smallest absolute Gasteiger partial charge is 0.142 e. The largest absolute Gasteiger partial charge is 0.299 e. The molecular formula is C16H26O. The summed E-state index contributed by atoms with van der Waals surface area (Å²) in [5.41, 5.74) is 3.98. The van der Waals surface area contributed by atoms with Crippen molar-refractivity contribution in [1.29, 1.82) is 0 Å². The molecule has 0 spiro atoms. The van der Waals surface area contributed by atoms with Crippen LogP contribution in [0.2, 0.25) is 0 Å². The van der Waals surface area contributed by atoms with Gasteiger partial charge in [0.05, 0.1) is 0 Å². The Balaban J connectivity index is 4.10. The molecule has 0 heterocycles. The Morgan fingerprint density at radius 1 is 1.12 bits per heavy atom. The molecule has 0 fully saturated rings. The van der Waals surface area contributed by atoms with Gasteiger partial charge in [-0.25, -0.2) is 0 Å². The highest BCUT2D eigenvalue weighted by Gasteiger charge is 2.01. The number of allylic oxidation sites excluding steroid dienone is 6.